The van der Waals surface area contributed by atoms with Gasteiger partial charge in [0.05, 0.1) is 12.6 Å². The molecule has 0 bridgehead atoms. The van der Waals surface area contributed by atoms with Crippen molar-refractivity contribution in [2.75, 3.05) is 19.8 Å². The van der Waals surface area contributed by atoms with Crippen molar-refractivity contribution in [3.63, 3.8) is 0 Å². The lowest BCUT2D eigenvalue weighted by atomic mass is 9.84. The first-order valence-corrected chi connectivity index (χ1v) is 6.36. The van der Waals surface area contributed by atoms with E-state index in [9.17, 15) is 0 Å². The number of aromatic nitrogens is 4. The molecule has 1 unspecified atom stereocenters. The molecule has 0 amide bonds. The summed E-state index contributed by atoms with van der Waals surface area (Å²) in [5.74, 6) is 0.663. The van der Waals surface area contributed by atoms with Gasteiger partial charge in [0, 0.05) is 45.1 Å². The Hall–Kier alpha value is -1.05. The van der Waals surface area contributed by atoms with Crippen molar-refractivity contribution < 1.29 is 9.47 Å². The van der Waals surface area contributed by atoms with Crippen LogP contribution in [0.1, 0.15) is 25.6 Å². The maximum absolute atomic E-state index is 6.31. The molecule has 2 rings (SSSR count). The lowest BCUT2D eigenvalue weighted by Gasteiger charge is -2.41. The van der Waals surface area contributed by atoms with Gasteiger partial charge in [-0.05, 0) is 12.1 Å². The number of aryl methyl sites for hydroxylation is 1. The van der Waals surface area contributed by atoms with E-state index in [1.807, 2.05) is 6.92 Å². The summed E-state index contributed by atoms with van der Waals surface area (Å²) in [6.45, 7) is 4.04. The second-order valence-corrected chi connectivity index (χ2v) is 4.62. The lowest BCUT2D eigenvalue weighted by molar-refractivity contribution is -0.120. The van der Waals surface area contributed by atoms with E-state index in [0.717, 1.165) is 12.8 Å². The monoisotopic (exact) mass is 255 g/mol. The number of nitrogens with two attached hydrogens (primary N) is 1. The number of nitrogens with zero attached hydrogens (tertiary/aromatic N) is 4. The zero-order valence-corrected chi connectivity index (χ0v) is 11.0. The van der Waals surface area contributed by atoms with Crippen LogP contribution in [0.4, 0.5) is 0 Å². The highest BCUT2D eigenvalue weighted by atomic mass is 16.5. The Morgan fingerprint density at radius 2 is 2.22 bits per heavy atom. The minimum absolute atomic E-state index is 0.134. The number of hydrogen-bond donors (Lipinski definition) is 1. The third-order valence-electron chi connectivity index (χ3n) is 3.40. The highest BCUT2D eigenvalue weighted by Gasteiger charge is 2.39. The molecule has 1 aromatic heterocycles. The molecule has 0 radical (unpaired) electrons. The third-order valence-corrected chi connectivity index (χ3v) is 3.40. The molecule has 2 N–H and O–H groups in total. The number of ether oxygens (including phenoxy) is 2. The number of rotatable bonds is 5. The van der Waals surface area contributed by atoms with Gasteiger partial charge in [-0.2, -0.15) is 4.80 Å². The van der Waals surface area contributed by atoms with Crippen LogP contribution in [0.25, 0.3) is 0 Å². The summed E-state index contributed by atoms with van der Waals surface area (Å²) in [6, 6.07) is -0.134. The van der Waals surface area contributed by atoms with Crippen molar-refractivity contribution >= 4 is 0 Å². The Morgan fingerprint density at radius 3 is 2.78 bits per heavy atom. The quantitative estimate of drug-likeness (QED) is 0.774. The van der Waals surface area contributed by atoms with Gasteiger partial charge in [-0.1, -0.05) is 0 Å². The van der Waals surface area contributed by atoms with E-state index in [0.29, 0.717) is 32.1 Å². The fourth-order valence-electron chi connectivity index (χ4n) is 2.41. The summed E-state index contributed by atoms with van der Waals surface area (Å²) < 4.78 is 11.3. The molecule has 2 heterocycles. The van der Waals surface area contributed by atoms with Crippen molar-refractivity contribution in [3.05, 3.63) is 5.82 Å². The van der Waals surface area contributed by atoms with E-state index >= 15 is 0 Å². The molecule has 1 saturated heterocycles. The summed E-state index contributed by atoms with van der Waals surface area (Å²) in [4.78, 5) is 1.44. The molecule has 0 spiro atoms. The smallest absolute Gasteiger partial charge is 0.176 e. The highest BCUT2D eigenvalue weighted by molar-refractivity contribution is 4.98. The Labute approximate surface area is 107 Å². The van der Waals surface area contributed by atoms with Crippen molar-refractivity contribution in [2.45, 2.75) is 37.8 Å². The van der Waals surface area contributed by atoms with Gasteiger partial charge in [0.25, 0.3) is 0 Å². The SMILES string of the molecule is CCOC1(C(N)Cc2nnn(C)n2)CCOCC1. The van der Waals surface area contributed by atoms with Crippen LogP contribution in [0.2, 0.25) is 0 Å². The van der Waals surface area contributed by atoms with Crippen LogP contribution in [0, 0.1) is 0 Å². The largest absolute Gasteiger partial charge is 0.381 e. The van der Waals surface area contributed by atoms with E-state index in [2.05, 4.69) is 15.4 Å². The minimum atomic E-state index is -0.313. The summed E-state index contributed by atoms with van der Waals surface area (Å²) in [7, 11) is 1.74. The summed E-state index contributed by atoms with van der Waals surface area (Å²) in [5.41, 5.74) is 6.00. The molecule has 1 aromatic rings. The zero-order valence-electron chi connectivity index (χ0n) is 11.0. The van der Waals surface area contributed by atoms with E-state index in [1.165, 1.54) is 4.80 Å². The van der Waals surface area contributed by atoms with Crippen LogP contribution in [0.5, 0.6) is 0 Å². The van der Waals surface area contributed by atoms with Crippen LogP contribution in [0.3, 0.4) is 0 Å². The molecule has 0 aliphatic carbocycles. The second kappa shape index (κ2) is 5.73. The second-order valence-electron chi connectivity index (χ2n) is 4.62. The molecule has 1 fully saturated rings. The molecule has 7 heteroatoms. The molecule has 0 saturated carbocycles. The van der Waals surface area contributed by atoms with Gasteiger partial charge >= 0.3 is 0 Å². The first kappa shape index (κ1) is 13.4. The van der Waals surface area contributed by atoms with Gasteiger partial charge in [-0.15, -0.1) is 10.2 Å². The molecule has 1 aliphatic rings. The molecular weight excluding hydrogens is 234 g/mol. The first-order chi connectivity index (χ1) is 8.66. The van der Waals surface area contributed by atoms with Crippen molar-refractivity contribution in [2.24, 2.45) is 12.8 Å². The molecule has 102 valence electrons. The zero-order chi connectivity index (χ0) is 13.0. The third kappa shape index (κ3) is 2.85. The number of hydrogen-bond acceptors (Lipinski definition) is 6. The first-order valence-electron chi connectivity index (χ1n) is 6.36. The van der Waals surface area contributed by atoms with Crippen LogP contribution in [0.15, 0.2) is 0 Å². The van der Waals surface area contributed by atoms with E-state index in [-0.39, 0.29) is 11.6 Å². The van der Waals surface area contributed by atoms with Crippen molar-refractivity contribution in [3.8, 4) is 0 Å². The van der Waals surface area contributed by atoms with E-state index in [4.69, 9.17) is 15.2 Å². The summed E-state index contributed by atoms with van der Waals surface area (Å²) in [5, 5.41) is 12.0. The molecule has 18 heavy (non-hydrogen) atoms. The van der Waals surface area contributed by atoms with Gasteiger partial charge < -0.3 is 15.2 Å². The predicted molar refractivity (Wildman–Crippen MR) is 64.9 cm³/mol. The Balaban J connectivity index is 2.05. The Morgan fingerprint density at radius 1 is 1.50 bits per heavy atom. The maximum atomic E-state index is 6.31. The van der Waals surface area contributed by atoms with Gasteiger partial charge in [-0.25, -0.2) is 0 Å². The molecule has 0 aromatic carbocycles. The Kier molecular flexibility index (Phi) is 4.26. The van der Waals surface area contributed by atoms with Crippen LogP contribution < -0.4 is 5.73 Å². The fraction of sp³-hybridized carbons (Fsp3) is 0.909. The van der Waals surface area contributed by atoms with Gasteiger partial charge in [0.1, 0.15) is 0 Å². The standard InChI is InChI=1S/C11H21N5O2/c1-3-18-11(4-6-17-7-5-11)9(12)8-10-13-15-16(2)14-10/h9H,3-8,12H2,1-2H3. The predicted octanol–water partition coefficient (Wildman–Crippen LogP) is -0.334. The van der Waals surface area contributed by atoms with Gasteiger partial charge in [-0.3, -0.25) is 0 Å². The summed E-state index contributed by atoms with van der Waals surface area (Å²) in [6.07, 6.45) is 2.22. The van der Waals surface area contributed by atoms with Crippen molar-refractivity contribution in [1.29, 1.82) is 0 Å². The van der Waals surface area contributed by atoms with Crippen LogP contribution >= 0.6 is 0 Å². The average molecular weight is 255 g/mol. The fourth-order valence-corrected chi connectivity index (χ4v) is 2.41. The Bertz CT molecular complexity index is 370. The topological polar surface area (TPSA) is 88.1 Å². The van der Waals surface area contributed by atoms with E-state index in [1.54, 1.807) is 7.05 Å². The maximum Gasteiger partial charge on any atom is 0.176 e. The van der Waals surface area contributed by atoms with Crippen molar-refractivity contribution in [1.82, 2.24) is 20.2 Å². The lowest BCUT2D eigenvalue weighted by Crippen LogP contribution is -2.54. The average Bonchev–Trinajstić information content (AvgIpc) is 2.76. The van der Waals surface area contributed by atoms with E-state index < -0.39 is 0 Å². The van der Waals surface area contributed by atoms with Crippen LogP contribution in [-0.2, 0) is 22.9 Å². The van der Waals surface area contributed by atoms with Gasteiger partial charge in [0.15, 0.2) is 5.82 Å². The van der Waals surface area contributed by atoms with Crippen LogP contribution in [-0.4, -0.2) is 51.7 Å². The highest BCUT2D eigenvalue weighted by Crippen LogP contribution is 2.29. The molecule has 1 aliphatic heterocycles. The number of tetrazole rings is 1. The minimum Gasteiger partial charge on any atom is -0.381 e. The molecule has 1 atom stereocenters. The van der Waals surface area contributed by atoms with Gasteiger partial charge in [0.2, 0.25) is 0 Å². The normalized spacial score (nSPS) is 20.8. The molecule has 7 nitrogen and oxygen atoms in total. The summed E-state index contributed by atoms with van der Waals surface area (Å²) >= 11 is 0. The molecular formula is C11H21N5O2.